The van der Waals surface area contributed by atoms with Crippen LogP contribution < -0.4 is 0 Å². The topological polar surface area (TPSA) is 68.0 Å². The maximum atomic E-state index is 11.3. The van der Waals surface area contributed by atoms with Gasteiger partial charge in [-0.2, -0.15) is 0 Å². The number of nitrogens with zero attached hydrogens (tertiary/aromatic N) is 3. The van der Waals surface area contributed by atoms with Crippen LogP contribution in [0, 0.1) is 0 Å². The number of hydrogen-bond acceptors (Lipinski definition) is 4. The van der Waals surface area contributed by atoms with Crippen LogP contribution in [-0.4, -0.2) is 26.1 Å². The van der Waals surface area contributed by atoms with E-state index in [0.717, 1.165) is 4.88 Å². The third-order valence-corrected chi connectivity index (χ3v) is 4.50. The number of hydrogen-bond donors (Lipinski definition) is 1. The molecule has 0 bridgehead atoms. The zero-order valence-electron chi connectivity index (χ0n) is 10.4. The van der Waals surface area contributed by atoms with Crippen molar-refractivity contribution in [2.75, 3.05) is 0 Å². The molecule has 3 aromatic rings. The quantitative estimate of drug-likeness (QED) is 0.804. The van der Waals surface area contributed by atoms with Crippen LogP contribution in [0.2, 0.25) is 4.34 Å². The second-order valence-corrected chi connectivity index (χ2v) is 6.08. The maximum absolute atomic E-state index is 11.3. The molecule has 0 aliphatic rings. The van der Waals surface area contributed by atoms with Crippen molar-refractivity contribution in [2.24, 2.45) is 0 Å². The van der Waals surface area contributed by atoms with E-state index in [4.69, 9.17) is 11.6 Å². The smallest absolute Gasteiger partial charge is 0.337 e. The minimum Gasteiger partial charge on any atom is -0.478 e. The second kappa shape index (κ2) is 4.88. The van der Waals surface area contributed by atoms with Crippen molar-refractivity contribution in [2.45, 2.75) is 13.0 Å². The summed E-state index contributed by atoms with van der Waals surface area (Å²) in [7, 11) is 0. The molecular weight excluding hydrogens is 298 g/mol. The van der Waals surface area contributed by atoms with Gasteiger partial charge >= 0.3 is 5.97 Å². The molecule has 0 spiro atoms. The Bertz CT molecular complexity index is 796. The van der Waals surface area contributed by atoms with Crippen LogP contribution >= 0.6 is 22.9 Å². The number of fused-ring (bicyclic) bond motifs is 1. The Morgan fingerprint density at radius 2 is 2.20 bits per heavy atom. The van der Waals surface area contributed by atoms with Gasteiger partial charge in [0.15, 0.2) is 0 Å². The molecule has 0 aliphatic heterocycles. The summed E-state index contributed by atoms with van der Waals surface area (Å²) in [6, 6.07) is 8.57. The van der Waals surface area contributed by atoms with E-state index in [-0.39, 0.29) is 11.6 Å². The van der Waals surface area contributed by atoms with Gasteiger partial charge in [0.05, 0.1) is 15.9 Å². The van der Waals surface area contributed by atoms with Gasteiger partial charge in [-0.3, -0.25) is 0 Å². The summed E-state index contributed by atoms with van der Waals surface area (Å²) >= 11 is 7.39. The van der Waals surface area contributed by atoms with Gasteiger partial charge in [0.2, 0.25) is 0 Å². The summed E-state index contributed by atoms with van der Waals surface area (Å²) in [5.74, 6) is -0.990. The minimum absolute atomic E-state index is 0.127. The normalized spacial score (nSPS) is 12.7. The van der Waals surface area contributed by atoms with E-state index in [2.05, 4.69) is 10.3 Å². The molecule has 20 heavy (non-hydrogen) atoms. The van der Waals surface area contributed by atoms with Crippen LogP contribution in [0.4, 0.5) is 0 Å². The van der Waals surface area contributed by atoms with Crippen LogP contribution in [0.5, 0.6) is 0 Å². The molecule has 1 N–H and O–H groups in total. The third-order valence-electron chi connectivity index (χ3n) is 3.10. The lowest BCUT2D eigenvalue weighted by Crippen LogP contribution is -2.10. The van der Waals surface area contributed by atoms with Crippen LogP contribution in [-0.2, 0) is 0 Å². The summed E-state index contributed by atoms with van der Waals surface area (Å²) in [6.45, 7) is 1.94. The number of para-hydroxylation sites is 1. The van der Waals surface area contributed by atoms with E-state index in [1.807, 2.05) is 19.1 Å². The molecule has 2 heterocycles. The van der Waals surface area contributed by atoms with Crippen molar-refractivity contribution in [3.8, 4) is 0 Å². The number of thiophene rings is 1. The number of rotatable bonds is 3. The Kier molecular flexibility index (Phi) is 3.19. The van der Waals surface area contributed by atoms with Gasteiger partial charge < -0.3 is 5.11 Å². The van der Waals surface area contributed by atoms with Crippen molar-refractivity contribution in [1.29, 1.82) is 0 Å². The van der Waals surface area contributed by atoms with Gasteiger partial charge in [0.1, 0.15) is 11.0 Å². The molecule has 1 unspecified atom stereocenters. The molecule has 0 aliphatic carbocycles. The SMILES string of the molecule is CC(c1ccc(Cl)s1)n1nnc2cccc(C(=O)O)c21. The van der Waals surface area contributed by atoms with Gasteiger partial charge in [0.25, 0.3) is 0 Å². The number of aromatic nitrogens is 3. The Morgan fingerprint density at radius 1 is 1.40 bits per heavy atom. The van der Waals surface area contributed by atoms with E-state index in [1.54, 1.807) is 22.9 Å². The molecule has 0 radical (unpaired) electrons. The molecule has 0 saturated heterocycles. The third kappa shape index (κ3) is 2.07. The van der Waals surface area contributed by atoms with Crippen LogP contribution in [0.1, 0.15) is 28.2 Å². The first-order chi connectivity index (χ1) is 9.58. The van der Waals surface area contributed by atoms with Gasteiger partial charge in [-0.25, -0.2) is 9.48 Å². The first kappa shape index (κ1) is 13.1. The number of halogens is 1. The van der Waals surface area contributed by atoms with E-state index < -0.39 is 5.97 Å². The lowest BCUT2D eigenvalue weighted by molar-refractivity contribution is 0.0698. The lowest BCUT2D eigenvalue weighted by Gasteiger charge is -2.11. The maximum Gasteiger partial charge on any atom is 0.337 e. The van der Waals surface area contributed by atoms with Gasteiger partial charge in [-0.15, -0.1) is 16.4 Å². The van der Waals surface area contributed by atoms with E-state index in [9.17, 15) is 9.90 Å². The second-order valence-electron chi connectivity index (χ2n) is 4.33. The van der Waals surface area contributed by atoms with Crippen molar-refractivity contribution < 1.29 is 9.90 Å². The fourth-order valence-electron chi connectivity index (χ4n) is 2.11. The first-order valence-electron chi connectivity index (χ1n) is 5.90. The molecule has 5 nitrogen and oxygen atoms in total. The highest BCUT2D eigenvalue weighted by atomic mass is 35.5. The number of aromatic carboxylic acids is 1. The Hall–Kier alpha value is -1.92. The zero-order chi connectivity index (χ0) is 14.3. The molecule has 2 aromatic heterocycles. The largest absolute Gasteiger partial charge is 0.478 e. The zero-order valence-corrected chi connectivity index (χ0v) is 12.0. The Balaban J connectivity index is 2.19. The number of benzene rings is 1. The monoisotopic (exact) mass is 307 g/mol. The Labute approximate surface area is 123 Å². The number of carboxylic acids is 1. The predicted octanol–water partition coefficient (Wildman–Crippen LogP) is 3.45. The molecule has 1 atom stereocenters. The number of carbonyl (C=O) groups is 1. The summed E-state index contributed by atoms with van der Waals surface area (Å²) in [4.78, 5) is 12.3. The fourth-order valence-corrected chi connectivity index (χ4v) is 3.21. The number of carboxylic acid groups (broad SMARTS) is 1. The minimum atomic E-state index is -0.990. The summed E-state index contributed by atoms with van der Waals surface area (Å²) < 4.78 is 2.32. The molecule has 0 fully saturated rings. The lowest BCUT2D eigenvalue weighted by atomic mass is 10.1. The standard InChI is InChI=1S/C13H10ClN3O2S/c1-7(10-5-6-11(14)20-10)17-12-8(13(18)19)3-2-4-9(12)15-16-17/h2-7H,1H3,(H,18,19). The average Bonchev–Trinajstić information content (AvgIpc) is 3.03. The molecule has 1 aromatic carbocycles. The van der Waals surface area contributed by atoms with Crippen LogP contribution in [0.3, 0.4) is 0 Å². The molecule has 102 valence electrons. The highest BCUT2D eigenvalue weighted by Crippen LogP contribution is 2.31. The summed E-state index contributed by atoms with van der Waals surface area (Å²) in [6.07, 6.45) is 0. The molecule has 0 amide bonds. The highest BCUT2D eigenvalue weighted by Gasteiger charge is 2.19. The van der Waals surface area contributed by atoms with E-state index in [1.165, 1.54) is 11.3 Å². The van der Waals surface area contributed by atoms with Gasteiger partial charge in [-0.1, -0.05) is 22.9 Å². The highest BCUT2D eigenvalue weighted by molar-refractivity contribution is 7.16. The predicted molar refractivity (Wildman–Crippen MR) is 77.6 cm³/mol. The van der Waals surface area contributed by atoms with Gasteiger partial charge in [0, 0.05) is 4.88 Å². The Morgan fingerprint density at radius 3 is 2.85 bits per heavy atom. The average molecular weight is 308 g/mol. The summed E-state index contributed by atoms with van der Waals surface area (Å²) in [5.41, 5.74) is 1.29. The molecule has 7 heteroatoms. The van der Waals surface area contributed by atoms with Crippen LogP contribution in [0.25, 0.3) is 11.0 Å². The van der Waals surface area contributed by atoms with Crippen LogP contribution in [0.15, 0.2) is 30.3 Å². The van der Waals surface area contributed by atoms with Gasteiger partial charge in [-0.05, 0) is 31.2 Å². The van der Waals surface area contributed by atoms with Crippen molar-refractivity contribution in [3.63, 3.8) is 0 Å². The fraction of sp³-hybridized carbons (Fsp3) is 0.154. The molecular formula is C13H10ClN3O2S. The molecule has 3 rings (SSSR count). The summed E-state index contributed by atoms with van der Waals surface area (Å²) in [5, 5.41) is 17.4. The van der Waals surface area contributed by atoms with Crippen molar-refractivity contribution in [3.05, 3.63) is 45.1 Å². The van der Waals surface area contributed by atoms with Crippen molar-refractivity contribution in [1.82, 2.24) is 15.0 Å². The van der Waals surface area contributed by atoms with Crippen molar-refractivity contribution >= 4 is 39.9 Å². The van der Waals surface area contributed by atoms with E-state index in [0.29, 0.717) is 15.4 Å². The van der Waals surface area contributed by atoms with E-state index >= 15 is 0 Å². The molecule has 0 saturated carbocycles. The first-order valence-corrected chi connectivity index (χ1v) is 7.10.